The van der Waals surface area contributed by atoms with Crippen LogP contribution in [0.25, 0.3) is 0 Å². The predicted molar refractivity (Wildman–Crippen MR) is 89.2 cm³/mol. The Balaban J connectivity index is 0. The smallest absolute Gasteiger partial charge is 0.0794 e. The summed E-state index contributed by atoms with van der Waals surface area (Å²) in [5.41, 5.74) is 0. The molecule has 21 heavy (non-hydrogen) atoms. The first-order chi connectivity index (χ1) is 9.59. The molecule has 0 bridgehead atoms. The van der Waals surface area contributed by atoms with Gasteiger partial charge in [-0.25, -0.2) is 0 Å². The molecular weight excluding hydrogens is 262 g/mol. The Morgan fingerprint density at radius 1 is 0.857 bits per heavy atom. The van der Waals surface area contributed by atoms with Gasteiger partial charge in [0.1, 0.15) is 0 Å². The van der Waals surface area contributed by atoms with Gasteiger partial charge in [-0.15, -0.1) is 0 Å². The number of carboxylic acids is 1. The van der Waals surface area contributed by atoms with Crippen molar-refractivity contribution in [2.75, 3.05) is 19.6 Å². The van der Waals surface area contributed by atoms with Crippen LogP contribution >= 0.6 is 0 Å². The van der Waals surface area contributed by atoms with Crippen molar-refractivity contribution in [2.45, 2.75) is 68.2 Å². The second-order valence-corrected chi connectivity index (χ2v) is 7.55. The highest BCUT2D eigenvalue weighted by Gasteiger charge is 2.13. The number of carbonyl (C=O) groups is 1. The van der Waals surface area contributed by atoms with E-state index in [0.29, 0.717) is 0 Å². The van der Waals surface area contributed by atoms with Crippen molar-refractivity contribution in [2.24, 2.45) is 23.7 Å². The Labute approximate surface area is 133 Å². The molecule has 0 aromatic rings. The molecule has 128 valence electrons. The van der Waals surface area contributed by atoms with Crippen LogP contribution in [0, 0.1) is 23.7 Å². The van der Waals surface area contributed by atoms with Crippen LogP contribution in [0.2, 0.25) is 0 Å². The van der Waals surface area contributed by atoms with Crippen LogP contribution < -0.4 is 10.0 Å². The molecule has 0 aliphatic carbocycles. The third kappa shape index (κ3) is 17.4. The molecule has 0 saturated heterocycles. The second-order valence-electron chi connectivity index (χ2n) is 7.55. The van der Waals surface area contributed by atoms with E-state index >= 15 is 0 Å². The van der Waals surface area contributed by atoms with Crippen molar-refractivity contribution in [1.29, 1.82) is 0 Å². The summed E-state index contributed by atoms with van der Waals surface area (Å²) in [7, 11) is 0. The molecule has 0 aliphatic rings. The number of aliphatic carboxylic acids is 1. The molecule has 0 fully saturated rings. The van der Waals surface area contributed by atoms with Gasteiger partial charge in [0.25, 0.3) is 0 Å². The van der Waals surface area contributed by atoms with Crippen LogP contribution in [0.3, 0.4) is 0 Å². The molecule has 1 N–H and O–H groups in total. The van der Waals surface area contributed by atoms with Gasteiger partial charge in [-0.1, -0.05) is 61.8 Å². The first kappa shape index (κ1) is 22.7. The number of quaternary nitrogens is 1. The number of carbonyl (C=O) groups excluding carboxylic acids is 1. The topological polar surface area (TPSA) is 44.6 Å². The number of hydrogen-bond donors (Lipinski definition) is 1. The summed E-state index contributed by atoms with van der Waals surface area (Å²) in [6.45, 7) is 21.5. The average Bonchev–Trinajstić information content (AvgIpc) is 2.26. The fourth-order valence-corrected chi connectivity index (χ4v) is 2.53. The molecule has 0 spiro atoms. The number of hydrogen-bond acceptors (Lipinski definition) is 2. The highest BCUT2D eigenvalue weighted by atomic mass is 16.4. The zero-order valence-electron chi connectivity index (χ0n) is 15.7. The number of nitrogens with one attached hydrogen (secondary N) is 1. The molecule has 1 unspecified atom stereocenters. The standard InChI is InChI=1S/C12H27N.C6H12O2/c1-10(2)7-13(8-11(3)4)9-12(5)6;1-3-4-5(2)6(7)8/h10-12H,7-9H2,1-6H3;5H,3-4H2,1-2H3,(H,7,8). The van der Waals surface area contributed by atoms with Gasteiger partial charge >= 0.3 is 0 Å². The normalized spacial score (nSPS) is 12.8. The number of rotatable bonds is 9. The Kier molecular flexibility index (Phi) is 14.2. The monoisotopic (exact) mass is 301 g/mol. The number of carboxylic acid groups (broad SMARTS) is 1. The molecule has 0 heterocycles. The van der Waals surface area contributed by atoms with Gasteiger partial charge in [-0.3, -0.25) is 0 Å². The van der Waals surface area contributed by atoms with Gasteiger partial charge in [0, 0.05) is 23.7 Å². The lowest BCUT2D eigenvalue weighted by Crippen LogP contribution is -3.13. The van der Waals surface area contributed by atoms with Crippen molar-refractivity contribution >= 4 is 5.97 Å². The molecule has 1 atom stereocenters. The van der Waals surface area contributed by atoms with E-state index in [0.717, 1.165) is 30.6 Å². The molecule has 3 nitrogen and oxygen atoms in total. The first-order valence-corrected chi connectivity index (χ1v) is 8.64. The molecule has 0 rings (SSSR count). The van der Waals surface area contributed by atoms with Gasteiger partial charge in [-0.05, 0) is 12.3 Å². The summed E-state index contributed by atoms with van der Waals surface area (Å²) in [6, 6.07) is 0. The maximum absolute atomic E-state index is 9.98. The fraction of sp³-hybridized carbons (Fsp3) is 0.944. The van der Waals surface area contributed by atoms with Crippen molar-refractivity contribution in [3.63, 3.8) is 0 Å². The van der Waals surface area contributed by atoms with E-state index in [1.165, 1.54) is 19.6 Å². The van der Waals surface area contributed by atoms with E-state index in [-0.39, 0.29) is 5.92 Å². The van der Waals surface area contributed by atoms with E-state index in [1.807, 2.05) is 6.92 Å². The molecule has 0 amide bonds. The van der Waals surface area contributed by atoms with Crippen LogP contribution in [-0.2, 0) is 4.79 Å². The molecular formula is C18H39NO2. The highest BCUT2D eigenvalue weighted by Crippen LogP contribution is 2.01. The fourth-order valence-electron chi connectivity index (χ4n) is 2.53. The highest BCUT2D eigenvalue weighted by molar-refractivity contribution is 5.66. The lowest BCUT2D eigenvalue weighted by atomic mass is 10.1. The molecule has 0 aromatic carbocycles. The van der Waals surface area contributed by atoms with E-state index in [4.69, 9.17) is 0 Å². The van der Waals surface area contributed by atoms with Gasteiger partial charge in [-0.2, -0.15) is 0 Å². The van der Waals surface area contributed by atoms with Gasteiger partial charge in [0.05, 0.1) is 19.6 Å². The predicted octanol–water partition coefficient (Wildman–Crippen LogP) is 2.01. The third-order valence-corrected chi connectivity index (χ3v) is 3.21. The minimum Gasteiger partial charge on any atom is -0.550 e. The largest absolute Gasteiger partial charge is 0.550 e. The first-order valence-electron chi connectivity index (χ1n) is 8.64. The van der Waals surface area contributed by atoms with Crippen molar-refractivity contribution < 1.29 is 14.8 Å². The summed E-state index contributed by atoms with van der Waals surface area (Å²) in [5.74, 6) is 1.26. The molecule has 3 heteroatoms. The van der Waals surface area contributed by atoms with E-state index in [1.54, 1.807) is 11.8 Å². The quantitative estimate of drug-likeness (QED) is 0.708. The molecule has 0 saturated carbocycles. The van der Waals surface area contributed by atoms with Crippen molar-refractivity contribution in [1.82, 2.24) is 0 Å². The Morgan fingerprint density at radius 3 is 1.33 bits per heavy atom. The van der Waals surface area contributed by atoms with E-state index < -0.39 is 5.97 Å². The lowest BCUT2D eigenvalue weighted by Gasteiger charge is -2.24. The Morgan fingerprint density at radius 2 is 1.19 bits per heavy atom. The minimum absolute atomic E-state index is 0.278. The Hall–Kier alpha value is -0.570. The summed E-state index contributed by atoms with van der Waals surface area (Å²) in [6.07, 6.45) is 1.64. The summed E-state index contributed by atoms with van der Waals surface area (Å²) in [4.78, 5) is 11.8. The van der Waals surface area contributed by atoms with Gasteiger partial charge in [0.15, 0.2) is 0 Å². The second kappa shape index (κ2) is 13.1. The van der Waals surface area contributed by atoms with Crippen molar-refractivity contribution in [3.8, 4) is 0 Å². The van der Waals surface area contributed by atoms with E-state index in [2.05, 4.69) is 41.5 Å². The zero-order valence-corrected chi connectivity index (χ0v) is 15.7. The molecule has 0 aliphatic heterocycles. The van der Waals surface area contributed by atoms with Crippen LogP contribution in [0.1, 0.15) is 68.2 Å². The average molecular weight is 302 g/mol. The summed E-state index contributed by atoms with van der Waals surface area (Å²) >= 11 is 0. The maximum Gasteiger partial charge on any atom is 0.0794 e. The minimum atomic E-state index is -0.938. The molecule has 0 radical (unpaired) electrons. The van der Waals surface area contributed by atoms with Crippen LogP contribution in [0.5, 0.6) is 0 Å². The maximum atomic E-state index is 9.98. The van der Waals surface area contributed by atoms with Crippen LogP contribution in [0.4, 0.5) is 0 Å². The van der Waals surface area contributed by atoms with Gasteiger partial charge in [0.2, 0.25) is 0 Å². The van der Waals surface area contributed by atoms with Gasteiger partial charge < -0.3 is 14.8 Å². The summed E-state index contributed by atoms with van der Waals surface area (Å²) in [5, 5.41) is 9.98. The third-order valence-electron chi connectivity index (χ3n) is 3.21. The van der Waals surface area contributed by atoms with E-state index in [9.17, 15) is 9.90 Å². The van der Waals surface area contributed by atoms with Crippen LogP contribution in [0.15, 0.2) is 0 Å². The van der Waals surface area contributed by atoms with Crippen LogP contribution in [-0.4, -0.2) is 25.6 Å². The summed E-state index contributed by atoms with van der Waals surface area (Å²) < 4.78 is 0. The molecule has 0 aromatic heterocycles. The SMILES string of the molecule is CC(C)C[NH+](CC(C)C)CC(C)C.CCCC(C)C(=O)[O-]. The zero-order chi connectivity index (χ0) is 17.0. The lowest BCUT2D eigenvalue weighted by molar-refractivity contribution is -0.909. The van der Waals surface area contributed by atoms with Crippen molar-refractivity contribution in [3.05, 3.63) is 0 Å². The Bertz CT molecular complexity index is 226.